The van der Waals surface area contributed by atoms with E-state index in [1.165, 1.54) is 7.11 Å². The molecule has 0 amide bonds. The van der Waals surface area contributed by atoms with Gasteiger partial charge in [0.1, 0.15) is 5.54 Å². The Bertz CT molecular complexity index is 394. The predicted octanol–water partition coefficient (Wildman–Crippen LogP) is 1.51. The maximum Gasteiger partial charge on any atom is 0.330 e. The lowest BCUT2D eigenvalue weighted by atomic mass is 9.88. The number of hydrogen-bond donors (Lipinski definition) is 1. The number of benzene rings is 1. The van der Waals surface area contributed by atoms with Gasteiger partial charge >= 0.3 is 5.97 Å². The number of hydrogen-bond acceptors (Lipinski definition) is 4. The van der Waals surface area contributed by atoms with Crippen LogP contribution in [0.3, 0.4) is 0 Å². The van der Waals surface area contributed by atoms with Crippen molar-refractivity contribution in [2.24, 2.45) is 5.73 Å². The summed E-state index contributed by atoms with van der Waals surface area (Å²) in [6.07, 6.45) is 0.626. The lowest BCUT2D eigenvalue weighted by Gasteiger charge is -2.32. The summed E-state index contributed by atoms with van der Waals surface area (Å²) in [5.41, 5.74) is 6.06. The molecule has 0 fully saturated rings. The molecule has 2 N–H and O–H groups in total. The first-order valence-corrected chi connectivity index (χ1v) is 5.76. The van der Waals surface area contributed by atoms with Gasteiger partial charge in [0.05, 0.1) is 7.11 Å². The van der Waals surface area contributed by atoms with Crippen LogP contribution in [0.2, 0.25) is 0 Å². The number of carbonyl (C=O) groups excluding carboxylic acids is 1. The SMILES string of the molecule is COC(=O)C1(N)CCSc2ccccc21. The van der Waals surface area contributed by atoms with E-state index in [9.17, 15) is 4.79 Å². The second-order valence-corrected chi connectivity index (χ2v) is 4.69. The highest BCUT2D eigenvalue weighted by atomic mass is 32.2. The highest BCUT2D eigenvalue weighted by Crippen LogP contribution is 2.39. The first-order valence-electron chi connectivity index (χ1n) is 4.78. The van der Waals surface area contributed by atoms with Gasteiger partial charge in [-0.25, -0.2) is 4.79 Å². The highest BCUT2D eigenvalue weighted by Gasteiger charge is 2.40. The van der Waals surface area contributed by atoms with E-state index in [0.29, 0.717) is 6.42 Å². The highest BCUT2D eigenvalue weighted by molar-refractivity contribution is 7.99. The van der Waals surface area contributed by atoms with Crippen LogP contribution in [0.15, 0.2) is 29.2 Å². The first kappa shape index (κ1) is 10.5. The van der Waals surface area contributed by atoms with E-state index in [4.69, 9.17) is 10.5 Å². The van der Waals surface area contributed by atoms with E-state index < -0.39 is 5.54 Å². The van der Waals surface area contributed by atoms with Crippen molar-refractivity contribution in [3.8, 4) is 0 Å². The van der Waals surface area contributed by atoms with Crippen LogP contribution in [0.1, 0.15) is 12.0 Å². The van der Waals surface area contributed by atoms with Gasteiger partial charge in [-0.05, 0) is 18.1 Å². The van der Waals surface area contributed by atoms with E-state index >= 15 is 0 Å². The number of rotatable bonds is 1. The van der Waals surface area contributed by atoms with Gasteiger partial charge in [0.2, 0.25) is 0 Å². The zero-order chi connectivity index (χ0) is 10.9. The molecule has 0 saturated carbocycles. The number of fused-ring (bicyclic) bond motifs is 1. The molecule has 0 radical (unpaired) electrons. The van der Waals surface area contributed by atoms with Gasteiger partial charge in [0.25, 0.3) is 0 Å². The summed E-state index contributed by atoms with van der Waals surface area (Å²) in [6, 6.07) is 7.74. The number of methoxy groups -OCH3 is 1. The third kappa shape index (κ3) is 1.64. The average molecular weight is 223 g/mol. The molecule has 0 bridgehead atoms. The van der Waals surface area contributed by atoms with Gasteiger partial charge in [-0.2, -0.15) is 0 Å². The molecule has 2 rings (SSSR count). The molecule has 0 aromatic heterocycles. The minimum atomic E-state index is -0.962. The standard InChI is InChI=1S/C11H13NO2S/c1-14-10(13)11(12)6-7-15-9-5-3-2-4-8(9)11/h2-5H,6-7,12H2,1H3. The zero-order valence-electron chi connectivity index (χ0n) is 8.53. The summed E-state index contributed by atoms with van der Waals surface area (Å²) in [5, 5.41) is 0. The molecular weight excluding hydrogens is 210 g/mol. The van der Waals surface area contributed by atoms with E-state index in [-0.39, 0.29) is 5.97 Å². The van der Waals surface area contributed by atoms with Gasteiger partial charge in [-0.15, -0.1) is 11.8 Å². The lowest BCUT2D eigenvalue weighted by molar-refractivity contribution is -0.147. The topological polar surface area (TPSA) is 52.3 Å². The summed E-state index contributed by atoms with van der Waals surface area (Å²) in [4.78, 5) is 12.8. The molecular formula is C11H13NO2S. The minimum absolute atomic E-state index is 0.352. The van der Waals surface area contributed by atoms with Gasteiger partial charge in [0, 0.05) is 10.6 Å². The molecule has 15 heavy (non-hydrogen) atoms. The lowest BCUT2D eigenvalue weighted by Crippen LogP contribution is -2.47. The quantitative estimate of drug-likeness (QED) is 0.733. The van der Waals surface area contributed by atoms with E-state index in [2.05, 4.69) is 0 Å². The number of esters is 1. The Kier molecular flexibility index (Phi) is 2.71. The van der Waals surface area contributed by atoms with Crippen molar-refractivity contribution in [2.75, 3.05) is 12.9 Å². The van der Waals surface area contributed by atoms with Crippen molar-refractivity contribution >= 4 is 17.7 Å². The molecule has 3 nitrogen and oxygen atoms in total. The summed E-state index contributed by atoms with van der Waals surface area (Å²) < 4.78 is 4.78. The Morgan fingerprint density at radius 3 is 3.00 bits per heavy atom. The van der Waals surface area contributed by atoms with Gasteiger partial charge < -0.3 is 10.5 Å². The molecule has 0 spiro atoms. The smallest absolute Gasteiger partial charge is 0.330 e. The second-order valence-electron chi connectivity index (χ2n) is 3.56. The van der Waals surface area contributed by atoms with Crippen LogP contribution in [0, 0.1) is 0 Å². The molecule has 1 aromatic carbocycles. The molecule has 1 atom stereocenters. The summed E-state index contributed by atoms with van der Waals surface area (Å²) in [7, 11) is 1.38. The van der Waals surface area contributed by atoms with Crippen molar-refractivity contribution in [2.45, 2.75) is 16.9 Å². The Morgan fingerprint density at radius 2 is 2.27 bits per heavy atom. The number of nitrogens with two attached hydrogens (primary N) is 1. The first-order chi connectivity index (χ1) is 7.18. The Morgan fingerprint density at radius 1 is 1.53 bits per heavy atom. The van der Waals surface area contributed by atoms with Crippen LogP contribution < -0.4 is 5.73 Å². The van der Waals surface area contributed by atoms with E-state index in [1.54, 1.807) is 11.8 Å². The fourth-order valence-electron chi connectivity index (χ4n) is 1.81. The predicted molar refractivity (Wildman–Crippen MR) is 59.7 cm³/mol. The summed E-state index contributed by atoms with van der Waals surface area (Å²) in [5.74, 6) is 0.498. The number of ether oxygens (including phenoxy) is 1. The van der Waals surface area contributed by atoms with Crippen molar-refractivity contribution in [3.63, 3.8) is 0 Å². The average Bonchev–Trinajstić information content (AvgIpc) is 2.28. The minimum Gasteiger partial charge on any atom is -0.467 e. The molecule has 1 unspecified atom stereocenters. The monoisotopic (exact) mass is 223 g/mol. The van der Waals surface area contributed by atoms with E-state index in [1.807, 2.05) is 24.3 Å². The van der Waals surface area contributed by atoms with Crippen LogP contribution in [0.4, 0.5) is 0 Å². The molecule has 1 aliphatic heterocycles. The van der Waals surface area contributed by atoms with Crippen LogP contribution in [0.5, 0.6) is 0 Å². The molecule has 1 aromatic rings. The third-order valence-electron chi connectivity index (χ3n) is 2.67. The maximum atomic E-state index is 11.7. The van der Waals surface area contributed by atoms with Crippen molar-refractivity contribution in [1.29, 1.82) is 0 Å². The summed E-state index contributed by atoms with van der Waals surface area (Å²) >= 11 is 1.73. The van der Waals surface area contributed by atoms with Gasteiger partial charge in [-0.3, -0.25) is 0 Å². The fraction of sp³-hybridized carbons (Fsp3) is 0.364. The Labute approximate surface area is 93.0 Å². The fourth-order valence-corrected chi connectivity index (χ4v) is 3.04. The zero-order valence-corrected chi connectivity index (χ0v) is 9.34. The molecule has 1 heterocycles. The molecule has 80 valence electrons. The van der Waals surface area contributed by atoms with E-state index in [0.717, 1.165) is 16.2 Å². The third-order valence-corrected chi connectivity index (χ3v) is 3.75. The van der Waals surface area contributed by atoms with Crippen LogP contribution in [-0.4, -0.2) is 18.8 Å². The number of carbonyl (C=O) groups is 1. The molecule has 0 saturated heterocycles. The van der Waals surface area contributed by atoms with Crippen LogP contribution >= 0.6 is 11.8 Å². The van der Waals surface area contributed by atoms with Crippen LogP contribution in [0.25, 0.3) is 0 Å². The van der Waals surface area contributed by atoms with Gasteiger partial charge in [-0.1, -0.05) is 18.2 Å². The Hall–Kier alpha value is -1.00. The molecule has 4 heteroatoms. The second kappa shape index (κ2) is 3.87. The van der Waals surface area contributed by atoms with Crippen molar-refractivity contribution < 1.29 is 9.53 Å². The Balaban J connectivity index is 2.49. The number of thioether (sulfide) groups is 1. The molecule has 1 aliphatic rings. The maximum absolute atomic E-state index is 11.7. The van der Waals surface area contributed by atoms with Gasteiger partial charge in [0.15, 0.2) is 0 Å². The van der Waals surface area contributed by atoms with Crippen molar-refractivity contribution in [1.82, 2.24) is 0 Å². The largest absolute Gasteiger partial charge is 0.467 e. The van der Waals surface area contributed by atoms with Crippen molar-refractivity contribution in [3.05, 3.63) is 29.8 Å². The van der Waals surface area contributed by atoms with Crippen LogP contribution in [-0.2, 0) is 15.1 Å². The summed E-state index contributed by atoms with van der Waals surface area (Å²) in [6.45, 7) is 0. The molecule has 0 aliphatic carbocycles. The normalized spacial score (nSPS) is 24.4.